The van der Waals surface area contributed by atoms with Crippen LogP contribution in [0.4, 0.5) is 0 Å². The molecule has 0 saturated heterocycles. The first-order valence-corrected chi connectivity index (χ1v) is 11.4. The number of carbonyl (C=O) groups is 1. The highest BCUT2D eigenvalue weighted by Gasteiger charge is 2.39. The van der Waals surface area contributed by atoms with Crippen molar-refractivity contribution in [1.29, 1.82) is 0 Å². The summed E-state index contributed by atoms with van der Waals surface area (Å²) in [7, 11) is 0. The molecule has 0 aliphatic carbocycles. The lowest BCUT2D eigenvalue weighted by atomic mass is 10.0. The molecular weight excluding hydrogens is 394 g/mol. The molecule has 0 radical (unpaired) electrons. The first kappa shape index (κ1) is 20.5. The first-order valence-electron chi connectivity index (χ1n) is 10.5. The van der Waals surface area contributed by atoms with Crippen LogP contribution in [0.5, 0.6) is 0 Å². The number of hydrogen-bond acceptors (Lipinski definition) is 5. The van der Waals surface area contributed by atoms with Gasteiger partial charge in [0.1, 0.15) is 5.25 Å². The molecule has 0 spiro atoms. The lowest BCUT2D eigenvalue weighted by Gasteiger charge is -2.36. The number of carbonyl (C=O) groups excluding carboxylic acids is 1. The van der Waals surface area contributed by atoms with Crippen LogP contribution in [0.25, 0.3) is 11.4 Å². The summed E-state index contributed by atoms with van der Waals surface area (Å²) in [6.07, 6.45) is 1.89. The van der Waals surface area contributed by atoms with Gasteiger partial charge in [0, 0.05) is 18.7 Å². The monoisotopic (exact) mass is 421 g/mol. The van der Waals surface area contributed by atoms with E-state index in [-0.39, 0.29) is 17.2 Å². The van der Waals surface area contributed by atoms with Crippen molar-refractivity contribution in [3.05, 3.63) is 66.2 Å². The van der Waals surface area contributed by atoms with Crippen molar-refractivity contribution in [2.45, 2.75) is 43.1 Å². The smallest absolute Gasteiger partial charge is 0.238 e. The minimum absolute atomic E-state index is 0.153. The van der Waals surface area contributed by atoms with Gasteiger partial charge in [0.05, 0.1) is 6.04 Å². The summed E-state index contributed by atoms with van der Waals surface area (Å²) >= 11 is 1.50. The maximum atomic E-state index is 13.6. The molecule has 0 bridgehead atoms. The molecule has 2 heterocycles. The van der Waals surface area contributed by atoms with Crippen molar-refractivity contribution >= 4 is 17.7 Å². The fourth-order valence-corrected chi connectivity index (χ4v) is 4.94. The first-order chi connectivity index (χ1) is 14.7. The summed E-state index contributed by atoms with van der Waals surface area (Å²) in [5.74, 6) is 0.907. The van der Waals surface area contributed by atoms with E-state index in [1.165, 1.54) is 11.8 Å². The highest BCUT2D eigenvalue weighted by atomic mass is 32.2. The standard InChI is InChI=1S/C23H27N5OS/c1-3-15-27(16-4-2)22(29)20-19(17-11-7-5-8-12-17)26-28-21(24-25-23(28)30-20)18-13-9-6-10-14-18/h5-14,19-20,26H,3-4,15-16H2,1-2H3/t19-,20-/m1/s1. The fourth-order valence-electron chi connectivity index (χ4n) is 3.78. The third-order valence-corrected chi connectivity index (χ3v) is 6.37. The molecule has 3 aromatic rings. The quantitative estimate of drug-likeness (QED) is 0.614. The number of aromatic nitrogens is 3. The van der Waals surface area contributed by atoms with Gasteiger partial charge in [0.2, 0.25) is 11.1 Å². The second-order valence-corrected chi connectivity index (χ2v) is 8.50. The van der Waals surface area contributed by atoms with Crippen LogP contribution in [0.3, 0.4) is 0 Å². The molecule has 2 atom stereocenters. The maximum Gasteiger partial charge on any atom is 0.238 e. The van der Waals surface area contributed by atoms with Crippen LogP contribution in [0.15, 0.2) is 65.8 Å². The van der Waals surface area contributed by atoms with Crippen molar-refractivity contribution in [2.75, 3.05) is 18.5 Å². The van der Waals surface area contributed by atoms with Crippen LogP contribution in [-0.2, 0) is 4.79 Å². The number of hydrogen-bond donors (Lipinski definition) is 1. The second-order valence-electron chi connectivity index (χ2n) is 7.39. The van der Waals surface area contributed by atoms with E-state index in [9.17, 15) is 4.79 Å². The topological polar surface area (TPSA) is 63.1 Å². The molecule has 1 aliphatic rings. The van der Waals surface area contributed by atoms with Crippen molar-refractivity contribution < 1.29 is 4.79 Å². The van der Waals surface area contributed by atoms with Gasteiger partial charge in [-0.15, -0.1) is 10.2 Å². The Kier molecular flexibility index (Phi) is 6.38. The van der Waals surface area contributed by atoms with Crippen LogP contribution >= 0.6 is 11.8 Å². The van der Waals surface area contributed by atoms with Crippen molar-refractivity contribution in [1.82, 2.24) is 19.8 Å². The number of amides is 1. The summed E-state index contributed by atoms with van der Waals surface area (Å²) in [5, 5.41) is 9.21. The van der Waals surface area contributed by atoms with E-state index in [2.05, 4.69) is 41.6 Å². The number of nitrogens with one attached hydrogen (secondary N) is 1. The lowest BCUT2D eigenvalue weighted by molar-refractivity contribution is -0.131. The van der Waals surface area contributed by atoms with Gasteiger partial charge in [-0.2, -0.15) is 0 Å². The van der Waals surface area contributed by atoms with E-state index >= 15 is 0 Å². The summed E-state index contributed by atoms with van der Waals surface area (Å²) in [5.41, 5.74) is 5.62. The molecule has 1 aliphatic heterocycles. The van der Waals surface area contributed by atoms with Gasteiger partial charge in [-0.05, 0) is 18.4 Å². The van der Waals surface area contributed by atoms with Crippen LogP contribution in [0, 0.1) is 0 Å². The Morgan fingerprint density at radius 3 is 2.27 bits per heavy atom. The number of rotatable bonds is 7. The molecule has 1 amide bonds. The minimum Gasteiger partial charge on any atom is -0.342 e. The molecule has 0 fully saturated rings. The molecule has 1 aromatic heterocycles. The molecular formula is C23H27N5OS. The molecule has 4 rings (SSSR count). The molecule has 0 unspecified atom stereocenters. The van der Waals surface area contributed by atoms with E-state index in [0.717, 1.165) is 42.9 Å². The number of benzene rings is 2. The Labute approximate surface area is 181 Å². The van der Waals surface area contributed by atoms with Gasteiger partial charge in [-0.1, -0.05) is 86.3 Å². The Balaban J connectivity index is 1.72. The number of thioether (sulfide) groups is 1. The van der Waals surface area contributed by atoms with E-state index in [1.54, 1.807) is 0 Å². The van der Waals surface area contributed by atoms with E-state index in [0.29, 0.717) is 5.16 Å². The van der Waals surface area contributed by atoms with E-state index in [4.69, 9.17) is 0 Å². The SMILES string of the molecule is CCCN(CCC)C(=O)[C@@H]1Sc2nnc(-c3ccccc3)n2N[C@@H]1c1ccccc1. The third-order valence-electron chi connectivity index (χ3n) is 5.17. The zero-order chi connectivity index (χ0) is 20.9. The van der Waals surface area contributed by atoms with Gasteiger partial charge < -0.3 is 10.3 Å². The predicted octanol–water partition coefficient (Wildman–Crippen LogP) is 4.35. The summed E-state index contributed by atoms with van der Waals surface area (Å²) in [4.78, 5) is 15.5. The summed E-state index contributed by atoms with van der Waals surface area (Å²) in [6, 6.07) is 20.0. The van der Waals surface area contributed by atoms with Crippen molar-refractivity contribution in [2.24, 2.45) is 0 Å². The zero-order valence-corrected chi connectivity index (χ0v) is 18.2. The third kappa shape index (κ3) is 4.07. The van der Waals surface area contributed by atoms with Crippen molar-refractivity contribution in [3.63, 3.8) is 0 Å². The molecule has 7 heteroatoms. The summed E-state index contributed by atoms with van der Waals surface area (Å²) in [6.45, 7) is 5.76. The Morgan fingerprint density at radius 1 is 1.00 bits per heavy atom. The maximum absolute atomic E-state index is 13.6. The molecule has 0 saturated carbocycles. The van der Waals surface area contributed by atoms with Gasteiger partial charge in [-0.3, -0.25) is 4.79 Å². The van der Waals surface area contributed by atoms with Gasteiger partial charge in [-0.25, -0.2) is 4.68 Å². The van der Waals surface area contributed by atoms with Gasteiger partial charge in [0.25, 0.3) is 0 Å². The fraction of sp³-hybridized carbons (Fsp3) is 0.348. The molecule has 1 N–H and O–H groups in total. The van der Waals surface area contributed by atoms with E-state index < -0.39 is 0 Å². The van der Waals surface area contributed by atoms with Crippen LogP contribution in [0.2, 0.25) is 0 Å². The van der Waals surface area contributed by atoms with Crippen LogP contribution < -0.4 is 5.43 Å². The van der Waals surface area contributed by atoms with Crippen molar-refractivity contribution in [3.8, 4) is 11.4 Å². The summed E-state index contributed by atoms with van der Waals surface area (Å²) < 4.78 is 1.92. The van der Waals surface area contributed by atoms with E-state index in [1.807, 2.05) is 58.1 Å². The lowest BCUT2D eigenvalue weighted by Crippen LogP contribution is -2.46. The highest BCUT2D eigenvalue weighted by Crippen LogP contribution is 2.39. The number of fused-ring (bicyclic) bond motifs is 1. The Morgan fingerprint density at radius 2 is 1.63 bits per heavy atom. The number of nitrogens with zero attached hydrogens (tertiary/aromatic N) is 4. The predicted molar refractivity (Wildman–Crippen MR) is 121 cm³/mol. The molecule has 30 heavy (non-hydrogen) atoms. The zero-order valence-electron chi connectivity index (χ0n) is 17.4. The average molecular weight is 422 g/mol. The largest absolute Gasteiger partial charge is 0.342 e. The molecule has 6 nitrogen and oxygen atoms in total. The van der Waals surface area contributed by atoms with Gasteiger partial charge >= 0.3 is 0 Å². The molecule has 2 aromatic carbocycles. The van der Waals surface area contributed by atoms with Gasteiger partial charge in [0.15, 0.2) is 5.82 Å². The van der Waals surface area contributed by atoms with Crippen LogP contribution in [-0.4, -0.2) is 44.0 Å². The highest BCUT2D eigenvalue weighted by molar-refractivity contribution is 8.00. The Bertz CT molecular complexity index is 970. The molecule has 156 valence electrons. The normalized spacial score (nSPS) is 17.8. The van der Waals surface area contributed by atoms with Crippen LogP contribution in [0.1, 0.15) is 38.3 Å². The Hall–Kier alpha value is -2.80. The second kappa shape index (κ2) is 9.34. The average Bonchev–Trinajstić information content (AvgIpc) is 3.22. The minimum atomic E-state index is -0.300.